The lowest BCUT2D eigenvalue weighted by Crippen LogP contribution is -2.43. The van der Waals surface area contributed by atoms with Crippen LogP contribution >= 0.6 is 0 Å². The van der Waals surface area contributed by atoms with Crippen LogP contribution in [0.4, 0.5) is 4.79 Å². The van der Waals surface area contributed by atoms with Crippen molar-refractivity contribution in [3.05, 3.63) is 83.1 Å². The summed E-state index contributed by atoms with van der Waals surface area (Å²) < 4.78 is 0. The molecule has 0 bridgehead atoms. The van der Waals surface area contributed by atoms with Crippen LogP contribution in [0.15, 0.2) is 66.4 Å². The van der Waals surface area contributed by atoms with E-state index in [9.17, 15) is 4.79 Å². The standard InChI is InChI=1S/C20H20N2O/c23-20-21-18(15-8-2-1-3-9-15)13-19(22-20)17-12-6-10-14-7-4-5-11-16(14)17/h1-5,7-9,11,13,17-18H,6,10,12H2,(H2,21,22,23). The van der Waals surface area contributed by atoms with Gasteiger partial charge in [0.05, 0.1) is 6.04 Å². The molecule has 0 radical (unpaired) electrons. The summed E-state index contributed by atoms with van der Waals surface area (Å²) in [6, 6.07) is 18.5. The second-order valence-electron chi connectivity index (χ2n) is 6.25. The highest BCUT2D eigenvalue weighted by Gasteiger charge is 2.28. The Morgan fingerprint density at radius 1 is 0.957 bits per heavy atom. The van der Waals surface area contributed by atoms with Crippen molar-refractivity contribution in [1.29, 1.82) is 0 Å². The van der Waals surface area contributed by atoms with Gasteiger partial charge >= 0.3 is 6.03 Å². The summed E-state index contributed by atoms with van der Waals surface area (Å²) in [5, 5.41) is 6.04. The molecular formula is C20H20N2O. The van der Waals surface area contributed by atoms with E-state index in [0.717, 1.165) is 24.1 Å². The highest BCUT2D eigenvalue weighted by molar-refractivity contribution is 5.78. The third kappa shape index (κ3) is 2.74. The molecule has 0 fully saturated rings. The fourth-order valence-corrected chi connectivity index (χ4v) is 3.69. The predicted molar refractivity (Wildman–Crippen MR) is 91.1 cm³/mol. The van der Waals surface area contributed by atoms with E-state index in [4.69, 9.17) is 0 Å². The number of carbonyl (C=O) groups is 1. The van der Waals surface area contributed by atoms with E-state index >= 15 is 0 Å². The lowest BCUT2D eigenvalue weighted by atomic mass is 9.80. The quantitative estimate of drug-likeness (QED) is 0.863. The molecule has 3 nitrogen and oxygen atoms in total. The molecule has 2 aromatic carbocycles. The highest BCUT2D eigenvalue weighted by atomic mass is 16.2. The fraction of sp³-hybridized carbons (Fsp3) is 0.250. The van der Waals surface area contributed by atoms with E-state index in [2.05, 4.69) is 53.1 Å². The third-order valence-corrected chi connectivity index (χ3v) is 4.79. The van der Waals surface area contributed by atoms with Crippen molar-refractivity contribution in [3.8, 4) is 0 Å². The molecule has 3 heteroatoms. The lowest BCUT2D eigenvalue weighted by molar-refractivity contribution is 0.238. The first kappa shape index (κ1) is 14.1. The Hall–Kier alpha value is -2.55. The first-order valence-corrected chi connectivity index (χ1v) is 8.23. The number of rotatable bonds is 2. The third-order valence-electron chi connectivity index (χ3n) is 4.79. The van der Waals surface area contributed by atoms with E-state index in [1.54, 1.807) is 0 Å². The van der Waals surface area contributed by atoms with Gasteiger partial charge in [-0.05, 0) is 42.0 Å². The zero-order valence-electron chi connectivity index (χ0n) is 13.0. The first-order chi connectivity index (χ1) is 11.3. The number of aryl methyl sites for hydroxylation is 1. The minimum atomic E-state index is -0.112. The summed E-state index contributed by atoms with van der Waals surface area (Å²) >= 11 is 0. The summed E-state index contributed by atoms with van der Waals surface area (Å²) in [5.74, 6) is 0.289. The summed E-state index contributed by atoms with van der Waals surface area (Å²) in [4.78, 5) is 12.1. The highest BCUT2D eigenvalue weighted by Crippen LogP contribution is 2.37. The zero-order chi connectivity index (χ0) is 15.6. The van der Waals surface area contributed by atoms with Gasteiger partial charge in [0.15, 0.2) is 0 Å². The number of hydrogen-bond donors (Lipinski definition) is 2. The van der Waals surface area contributed by atoms with Crippen molar-refractivity contribution in [1.82, 2.24) is 10.6 Å². The normalized spacial score (nSPS) is 23.3. The van der Waals surface area contributed by atoms with Crippen LogP contribution in [-0.2, 0) is 6.42 Å². The largest absolute Gasteiger partial charge is 0.327 e. The van der Waals surface area contributed by atoms with Crippen LogP contribution in [0, 0.1) is 0 Å². The van der Waals surface area contributed by atoms with Gasteiger partial charge in [0.1, 0.15) is 0 Å². The van der Waals surface area contributed by atoms with Gasteiger partial charge in [-0.1, -0.05) is 54.6 Å². The zero-order valence-corrected chi connectivity index (χ0v) is 13.0. The number of benzene rings is 2. The molecule has 2 atom stereocenters. The molecule has 2 N–H and O–H groups in total. The number of nitrogens with one attached hydrogen (secondary N) is 2. The topological polar surface area (TPSA) is 41.1 Å². The van der Waals surface area contributed by atoms with Crippen molar-refractivity contribution >= 4 is 6.03 Å². The van der Waals surface area contributed by atoms with E-state index in [0.29, 0.717) is 0 Å². The maximum atomic E-state index is 12.1. The molecule has 116 valence electrons. The van der Waals surface area contributed by atoms with E-state index < -0.39 is 0 Å². The monoisotopic (exact) mass is 304 g/mol. The first-order valence-electron chi connectivity index (χ1n) is 8.23. The lowest BCUT2D eigenvalue weighted by Gasteiger charge is -2.32. The summed E-state index contributed by atoms with van der Waals surface area (Å²) in [6.45, 7) is 0. The van der Waals surface area contributed by atoms with Gasteiger partial charge in [0.2, 0.25) is 0 Å². The average Bonchev–Trinajstić information content (AvgIpc) is 2.61. The van der Waals surface area contributed by atoms with E-state index in [1.807, 2.05) is 18.2 Å². The van der Waals surface area contributed by atoms with Gasteiger partial charge < -0.3 is 10.6 Å². The van der Waals surface area contributed by atoms with Gasteiger partial charge in [0, 0.05) is 11.6 Å². The van der Waals surface area contributed by atoms with E-state index in [1.165, 1.54) is 17.5 Å². The van der Waals surface area contributed by atoms with Crippen LogP contribution in [0.25, 0.3) is 0 Å². The molecule has 0 saturated heterocycles. The molecule has 2 aliphatic rings. The Balaban J connectivity index is 1.71. The van der Waals surface area contributed by atoms with Crippen LogP contribution in [0.1, 0.15) is 41.5 Å². The van der Waals surface area contributed by atoms with Crippen molar-refractivity contribution in [3.63, 3.8) is 0 Å². The Morgan fingerprint density at radius 3 is 2.61 bits per heavy atom. The second-order valence-corrected chi connectivity index (χ2v) is 6.25. The van der Waals surface area contributed by atoms with Gasteiger partial charge in [-0.3, -0.25) is 0 Å². The maximum Gasteiger partial charge on any atom is 0.319 e. The minimum absolute atomic E-state index is 0.0611. The molecule has 1 aliphatic heterocycles. The minimum Gasteiger partial charge on any atom is -0.327 e. The number of urea groups is 1. The molecule has 1 aliphatic carbocycles. The van der Waals surface area contributed by atoms with Crippen LogP contribution in [0.2, 0.25) is 0 Å². The van der Waals surface area contributed by atoms with Gasteiger partial charge in [-0.25, -0.2) is 4.79 Å². The summed E-state index contributed by atoms with van der Waals surface area (Å²) in [7, 11) is 0. The van der Waals surface area contributed by atoms with Gasteiger partial charge in [0.25, 0.3) is 0 Å². The van der Waals surface area contributed by atoms with E-state index in [-0.39, 0.29) is 18.0 Å². The smallest absolute Gasteiger partial charge is 0.319 e. The Bertz CT molecular complexity index is 751. The average molecular weight is 304 g/mol. The molecule has 2 aromatic rings. The molecular weight excluding hydrogens is 284 g/mol. The van der Waals surface area contributed by atoms with Crippen molar-refractivity contribution in [2.45, 2.75) is 31.2 Å². The molecule has 1 heterocycles. The number of amides is 2. The number of fused-ring (bicyclic) bond motifs is 1. The Labute approximate surface area is 136 Å². The molecule has 23 heavy (non-hydrogen) atoms. The van der Waals surface area contributed by atoms with Crippen LogP contribution in [0.5, 0.6) is 0 Å². The van der Waals surface area contributed by atoms with Crippen LogP contribution in [-0.4, -0.2) is 6.03 Å². The number of allylic oxidation sites excluding steroid dienone is 1. The summed E-state index contributed by atoms with van der Waals surface area (Å²) in [6.07, 6.45) is 5.56. The van der Waals surface area contributed by atoms with Crippen molar-refractivity contribution in [2.75, 3.05) is 0 Å². The Morgan fingerprint density at radius 2 is 1.74 bits per heavy atom. The number of carbonyl (C=O) groups excluding carboxylic acids is 1. The molecule has 4 rings (SSSR count). The molecule has 0 aromatic heterocycles. The molecule has 2 amide bonds. The SMILES string of the molecule is O=C1NC(C2CCCc3ccccc32)=CC(c2ccccc2)N1. The predicted octanol–water partition coefficient (Wildman–Crippen LogP) is 4.04. The Kier molecular flexibility index (Phi) is 3.62. The maximum absolute atomic E-state index is 12.1. The molecule has 0 spiro atoms. The van der Waals surface area contributed by atoms with Crippen LogP contribution < -0.4 is 10.6 Å². The second kappa shape index (κ2) is 5.92. The molecule has 2 unspecified atom stereocenters. The summed E-state index contributed by atoms with van der Waals surface area (Å²) in [5.41, 5.74) is 4.92. The van der Waals surface area contributed by atoms with Crippen molar-refractivity contribution in [2.24, 2.45) is 0 Å². The van der Waals surface area contributed by atoms with Crippen LogP contribution in [0.3, 0.4) is 0 Å². The fourth-order valence-electron chi connectivity index (χ4n) is 3.69. The van der Waals surface area contributed by atoms with Gasteiger partial charge in [-0.2, -0.15) is 0 Å². The van der Waals surface area contributed by atoms with Crippen molar-refractivity contribution < 1.29 is 4.79 Å². The number of hydrogen-bond acceptors (Lipinski definition) is 1. The molecule has 0 saturated carbocycles. The van der Waals surface area contributed by atoms with Gasteiger partial charge in [-0.15, -0.1) is 0 Å².